The number of aryl methyl sites for hydroxylation is 1. The number of fused-ring (bicyclic) bond motifs is 1. The Morgan fingerprint density at radius 2 is 2.24 bits per heavy atom. The summed E-state index contributed by atoms with van der Waals surface area (Å²) in [7, 11) is -3.75. The molecule has 2 rings (SSSR count). The molecule has 0 fully saturated rings. The van der Waals surface area contributed by atoms with Crippen molar-refractivity contribution in [3.63, 3.8) is 0 Å². The monoisotopic (exact) mass is 314 g/mol. The van der Waals surface area contributed by atoms with Crippen LogP contribution in [-0.2, 0) is 16.4 Å². The maximum Gasteiger partial charge on any atom is 0.244 e. The van der Waals surface area contributed by atoms with E-state index in [-0.39, 0.29) is 11.4 Å². The van der Waals surface area contributed by atoms with Crippen LogP contribution in [0.5, 0.6) is 5.75 Å². The van der Waals surface area contributed by atoms with Gasteiger partial charge in [-0.1, -0.05) is 13.3 Å². The fourth-order valence-electron chi connectivity index (χ4n) is 2.39. The van der Waals surface area contributed by atoms with Crippen LogP contribution in [-0.4, -0.2) is 32.8 Å². The summed E-state index contributed by atoms with van der Waals surface area (Å²) in [5.74, 6) is 0.382. The number of nitrogens with two attached hydrogens (primary N) is 1. The second kappa shape index (κ2) is 6.64. The third kappa shape index (κ3) is 3.87. The first kappa shape index (κ1) is 16.1. The number of hydrogen-bond donors (Lipinski definition) is 3. The number of aliphatic hydroxyl groups excluding tert-OH is 1. The van der Waals surface area contributed by atoms with E-state index in [1.807, 2.05) is 6.92 Å². The Morgan fingerprint density at radius 1 is 1.48 bits per heavy atom. The van der Waals surface area contributed by atoms with E-state index in [4.69, 9.17) is 10.5 Å². The molecule has 0 spiro atoms. The molecule has 6 nitrogen and oxygen atoms in total. The van der Waals surface area contributed by atoms with Crippen LogP contribution in [0, 0.1) is 0 Å². The molecule has 1 aliphatic heterocycles. The summed E-state index contributed by atoms with van der Waals surface area (Å²) in [5, 5.41) is 9.67. The van der Waals surface area contributed by atoms with Gasteiger partial charge in [-0.05, 0) is 37.0 Å². The summed E-state index contributed by atoms with van der Waals surface area (Å²) in [6, 6.07) is 3.15. The van der Waals surface area contributed by atoms with Crippen molar-refractivity contribution >= 4 is 15.7 Å². The number of nitrogen functional groups attached to an aromatic ring is 1. The predicted octanol–water partition coefficient (Wildman–Crippen LogP) is 1.03. The van der Waals surface area contributed by atoms with Crippen molar-refractivity contribution in [2.45, 2.75) is 43.6 Å². The molecular formula is C14H22N2O4S. The standard InChI is InChI=1S/C14H22N2O4S/c1-2-4-12(17)9-16-21(18,19)13-8-11(15)7-10-5-3-6-20-14(10)13/h7-8,12,16-17H,2-6,9,15H2,1H3. The van der Waals surface area contributed by atoms with Gasteiger partial charge in [0.1, 0.15) is 10.6 Å². The topological polar surface area (TPSA) is 102 Å². The van der Waals surface area contributed by atoms with Gasteiger partial charge in [0.25, 0.3) is 0 Å². The van der Waals surface area contributed by atoms with Crippen molar-refractivity contribution < 1.29 is 18.3 Å². The number of nitrogens with one attached hydrogen (secondary N) is 1. The molecule has 4 N–H and O–H groups in total. The van der Waals surface area contributed by atoms with E-state index >= 15 is 0 Å². The molecule has 1 aromatic carbocycles. The summed E-state index contributed by atoms with van der Waals surface area (Å²) in [6.45, 7) is 2.41. The minimum absolute atomic E-state index is 0.0141. The van der Waals surface area contributed by atoms with E-state index in [0.29, 0.717) is 24.5 Å². The fraction of sp³-hybridized carbons (Fsp3) is 0.571. The third-order valence-corrected chi connectivity index (χ3v) is 4.84. The van der Waals surface area contributed by atoms with Crippen molar-refractivity contribution in [1.82, 2.24) is 4.72 Å². The van der Waals surface area contributed by atoms with Gasteiger partial charge in [-0.25, -0.2) is 13.1 Å². The second-order valence-electron chi connectivity index (χ2n) is 5.25. The zero-order valence-corrected chi connectivity index (χ0v) is 12.9. The van der Waals surface area contributed by atoms with Gasteiger partial charge in [-0.3, -0.25) is 0 Å². The maximum atomic E-state index is 12.4. The van der Waals surface area contributed by atoms with Crippen molar-refractivity contribution in [2.24, 2.45) is 0 Å². The smallest absolute Gasteiger partial charge is 0.244 e. The second-order valence-corrected chi connectivity index (χ2v) is 6.99. The van der Waals surface area contributed by atoms with Gasteiger partial charge in [0.2, 0.25) is 10.0 Å². The minimum Gasteiger partial charge on any atom is -0.492 e. The van der Waals surface area contributed by atoms with Crippen molar-refractivity contribution in [3.05, 3.63) is 17.7 Å². The number of anilines is 1. The lowest BCUT2D eigenvalue weighted by molar-refractivity contribution is 0.167. The normalized spacial score (nSPS) is 16.1. The van der Waals surface area contributed by atoms with E-state index in [9.17, 15) is 13.5 Å². The SMILES string of the molecule is CCCC(O)CNS(=O)(=O)c1cc(N)cc2c1OCCC2. The molecule has 7 heteroatoms. The first-order valence-corrected chi connectivity index (χ1v) is 8.65. The maximum absolute atomic E-state index is 12.4. The Bertz CT molecular complexity index is 601. The molecule has 21 heavy (non-hydrogen) atoms. The summed E-state index contributed by atoms with van der Waals surface area (Å²) in [4.78, 5) is 0.0564. The Labute approximate surface area is 125 Å². The first-order valence-electron chi connectivity index (χ1n) is 7.17. The molecule has 1 aliphatic rings. The summed E-state index contributed by atoms with van der Waals surface area (Å²) in [6.07, 6.45) is 2.25. The molecule has 0 bridgehead atoms. The van der Waals surface area contributed by atoms with Crippen LogP contribution in [0.15, 0.2) is 17.0 Å². The number of hydrogen-bond acceptors (Lipinski definition) is 5. The minimum atomic E-state index is -3.75. The van der Waals surface area contributed by atoms with Crippen molar-refractivity contribution in [1.29, 1.82) is 0 Å². The molecular weight excluding hydrogens is 292 g/mol. The van der Waals surface area contributed by atoms with Crippen LogP contribution in [0.4, 0.5) is 5.69 Å². The molecule has 0 saturated heterocycles. The van der Waals surface area contributed by atoms with Crippen LogP contribution in [0.1, 0.15) is 31.7 Å². The summed E-state index contributed by atoms with van der Waals surface area (Å²) in [5.41, 5.74) is 7.00. The van der Waals surface area contributed by atoms with Crippen LogP contribution >= 0.6 is 0 Å². The van der Waals surface area contributed by atoms with Crippen LogP contribution < -0.4 is 15.2 Å². The van der Waals surface area contributed by atoms with E-state index in [1.54, 1.807) is 6.07 Å². The largest absolute Gasteiger partial charge is 0.492 e. The predicted molar refractivity (Wildman–Crippen MR) is 80.8 cm³/mol. The number of ether oxygens (including phenoxy) is 1. The van der Waals surface area contributed by atoms with Gasteiger partial charge < -0.3 is 15.6 Å². The highest BCUT2D eigenvalue weighted by Crippen LogP contribution is 2.34. The number of rotatable bonds is 6. The van der Waals surface area contributed by atoms with Gasteiger partial charge >= 0.3 is 0 Å². The highest BCUT2D eigenvalue weighted by atomic mass is 32.2. The first-order chi connectivity index (χ1) is 9.94. The molecule has 0 aromatic heterocycles. The Hall–Kier alpha value is -1.31. The number of benzene rings is 1. The van der Waals surface area contributed by atoms with Gasteiger partial charge in [0.05, 0.1) is 12.7 Å². The molecule has 0 saturated carbocycles. The number of aliphatic hydroxyl groups is 1. The van der Waals surface area contributed by atoms with Gasteiger partial charge in [-0.2, -0.15) is 0 Å². The Balaban J connectivity index is 2.25. The van der Waals surface area contributed by atoms with E-state index < -0.39 is 16.1 Å². The molecule has 0 amide bonds. The average Bonchev–Trinajstić information content (AvgIpc) is 2.44. The summed E-state index contributed by atoms with van der Waals surface area (Å²) >= 11 is 0. The lowest BCUT2D eigenvalue weighted by Crippen LogP contribution is -2.32. The van der Waals surface area contributed by atoms with E-state index in [0.717, 1.165) is 24.8 Å². The van der Waals surface area contributed by atoms with Crippen LogP contribution in [0.25, 0.3) is 0 Å². The molecule has 1 atom stereocenters. The van der Waals surface area contributed by atoms with Gasteiger partial charge in [0, 0.05) is 12.2 Å². The Kier molecular flexibility index (Phi) is 5.08. The molecule has 1 aromatic rings. The summed E-state index contributed by atoms with van der Waals surface area (Å²) < 4.78 is 32.8. The lowest BCUT2D eigenvalue weighted by atomic mass is 10.1. The zero-order valence-electron chi connectivity index (χ0n) is 12.1. The molecule has 0 aliphatic carbocycles. The molecule has 118 valence electrons. The molecule has 1 heterocycles. The van der Waals surface area contributed by atoms with E-state index in [2.05, 4.69) is 4.72 Å². The zero-order chi connectivity index (χ0) is 15.5. The number of sulfonamides is 1. The van der Waals surface area contributed by atoms with Crippen molar-refractivity contribution in [2.75, 3.05) is 18.9 Å². The average molecular weight is 314 g/mol. The highest BCUT2D eigenvalue weighted by molar-refractivity contribution is 7.89. The van der Waals surface area contributed by atoms with Gasteiger partial charge in [0.15, 0.2) is 0 Å². The highest BCUT2D eigenvalue weighted by Gasteiger charge is 2.25. The van der Waals surface area contributed by atoms with Gasteiger partial charge in [-0.15, -0.1) is 0 Å². The molecule has 1 unspecified atom stereocenters. The van der Waals surface area contributed by atoms with Crippen LogP contribution in [0.3, 0.4) is 0 Å². The Morgan fingerprint density at radius 3 is 2.95 bits per heavy atom. The third-order valence-electron chi connectivity index (χ3n) is 3.41. The fourth-order valence-corrected chi connectivity index (χ4v) is 3.68. The molecule has 0 radical (unpaired) electrons. The quantitative estimate of drug-likeness (QED) is 0.681. The van der Waals surface area contributed by atoms with Crippen LogP contribution in [0.2, 0.25) is 0 Å². The van der Waals surface area contributed by atoms with Crippen molar-refractivity contribution in [3.8, 4) is 5.75 Å². The van der Waals surface area contributed by atoms with E-state index in [1.165, 1.54) is 6.07 Å². The lowest BCUT2D eigenvalue weighted by Gasteiger charge is -2.21.